The van der Waals surface area contributed by atoms with Crippen molar-refractivity contribution in [1.29, 1.82) is 0 Å². The Labute approximate surface area is 83.4 Å². The maximum atomic E-state index is 9.97. The van der Waals surface area contributed by atoms with E-state index in [2.05, 4.69) is 5.32 Å². The molecule has 1 aromatic rings. The second kappa shape index (κ2) is 3.59. The normalized spacial score (nSPS) is 25.9. The molecule has 0 saturated heterocycles. The first-order chi connectivity index (χ1) is 6.74. The number of likely N-dealkylation sites (N-methyl/N-ethyl adjacent to an activating group) is 1. The lowest BCUT2D eigenvalue weighted by Gasteiger charge is -2.30. The van der Waals surface area contributed by atoms with Gasteiger partial charge in [0.1, 0.15) is 5.75 Å². The summed E-state index contributed by atoms with van der Waals surface area (Å²) in [5.41, 5.74) is 1.75. The lowest BCUT2D eigenvalue weighted by Crippen LogP contribution is -2.35. The molecule has 2 atom stereocenters. The summed E-state index contributed by atoms with van der Waals surface area (Å²) in [6.45, 7) is 0. The molecule has 2 rings (SSSR count). The van der Waals surface area contributed by atoms with Crippen LogP contribution in [0.1, 0.15) is 23.7 Å². The molecule has 3 nitrogen and oxygen atoms in total. The van der Waals surface area contributed by atoms with Gasteiger partial charge in [0, 0.05) is 6.04 Å². The third-order valence-electron chi connectivity index (χ3n) is 2.96. The first kappa shape index (κ1) is 9.49. The Bertz CT molecular complexity index is 338. The second-order valence-corrected chi connectivity index (χ2v) is 3.72. The first-order valence-electron chi connectivity index (χ1n) is 4.90. The number of nitrogens with one attached hydrogen (secondary N) is 1. The molecular formula is C11H15NO2. The molecule has 0 aliphatic heterocycles. The van der Waals surface area contributed by atoms with Crippen LogP contribution in [0.25, 0.3) is 0 Å². The van der Waals surface area contributed by atoms with Gasteiger partial charge in [0.2, 0.25) is 0 Å². The Morgan fingerprint density at radius 3 is 2.93 bits per heavy atom. The molecule has 0 radical (unpaired) electrons. The number of fused-ring (bicyclic) bond motifs is 1. The van der Waals surface area contributed by atoms with Crippen LogP contribution in [0.4, 0.5) is 0 Å². The molecule has 3 heteroatoms. The predicted molar refractivity (Wildman–Crippen MR) is 54.2 cm³/mol. The van der Waals surface area contributed by atoms with Gasteiger partial charge in [0.15, 0.2) is 0 Å². The molecule has 14 heavy (non-hydrogen) atoms. The summed E-state index contributed by atoms with van der Waals surface area (Å²) in [6, 6.07) is 5.42. The van der Waals surface area contributed by atoms with E-state index < -0.39 is 6.10 Å². The van der Waals surface area contributed by atoms with Crippen molar-refractivity contribution >= 4 is 0 Å². The minimum absolute atomic E-state index is 0.101. The van der Waals surface area contributed by atoms with Crippen molar-refractivity contribution in [2.45, 2.75) is 25.0 Å². The SMILES string of the molecule is CNC1CCc2c(O)cccc2C1O. The molecule has 1 aromatic carbocycles. The molecule has 3 N–H and O–H groups in total. The number of phenolic OH excluding ortho intramolecular Hbond substituents is 1. The van der Waals surface area contributed by atoms with Gasteiger partial charge in [-0.25, -0.2) is 0 Å². The van der Waals surface area contributed by atoms with Crippen LogP contribution in [0.3, 0.4) is 0 Å². The fourth-order valence-electron chi connectivity index (χ4n) is 2.12. The fraction of sp³-hybridized carbons (Fsp3) is 0.455. The zero-order valence-corrected chi connectivity index (χ0v) is 8.20. The van der Waals surface area contributed by atoms with Crippen LogP contribution in [0.2, 0.25) is 0 Å². The van der Waals surface area contributed by atoms with Crippen molar-refractivity contribution in [2.24, 2.45) is 0 Å². The van der Waals surface area contributed by atoms with E-state index in [9.17, 15) is 10.2 Å². The Morgan fingerprint density at radius 2 is 2.21 bits per heavy atom. The minimum Gasteiger partial charge on any atom is -0.508 e. The molecule has 0 saturated carbocycles. The van der Waals surface area contributed by atoms with Crippen molar-refractivity contribution < 1.29 is 10.2 Å². The zero-order chi connectivity index (χ0) is 10.1. The summed E-state index contributed by atoms with van der Waals surface area (Å²) in [4.78, 5) is 0. The maximum absolute atomic E-state index is 9.97. The number of phenols is 1. The van der Waals surface area contributed by atoms with E-state index in [-0.39, 0.29) is 6.04 Å². The first-order valence-corrected chi connectivity index (χ1v) is 4.90. The van der Waals surface area contributed by atoms with Gasteiger partial charge in [-0.2, -0.15) is 0 Å². The van der Waals surface area contributed by atoms with Crippen LogP contribution in [0, 0.1) is 0 Å². The van der Waals surface area contributed by atoms with Crippen molar-refractivity contribution in [2.75, 3.05) is 7.05 Å². The number of aliphatic hydroxyl groups excluding tert-OH is 1. The van der Waals surface area contributed by atoms with Gasteiger partial charge in [-0.15, -0.1) is 0 Å². The molecule has 0 heterocycles. The van der Waals surface area contributed by atoms with Gasteiger partial charge in [0.25, 0.3) is 0 Å². The van der Waals surface area contributed by atoms with Crippen LogP contribution in [-0.2, 0) is 6.42 Å². The summed E-state index contributed by atoms with van der Waals surface area (Å²) < 4.78 is 0. The van der Waals surface area contributed by atoms with E-state index in [4.69, 9.17) is 0 Å². The molecule has 1 aliphatic carbocycles. The maximum Gasteiger partial charge on any atom is 0.119 e. The summed E-state index contributed by atoms with van der Waals surface area (Å²) >= 11 is 0. The van der Waals surface area contributed by atoms with Crippen molar-refractivity contribution in [3.8, 4) is 5.75 Å². The number of rotatable bonds is 1. The summed E-state index contributed by atoms with van der Waals surface area (Å²) in [6.07, 6.45) is 1.18. The van der Waals surface area contributed by atoms with Gasteiger partial charge in [-0.05, 0) is 37.1 Å². The Kier molecular flexibility index (Phi) is 2.44. The smallest absolute Gasteiger partial charge is 0.119 e. The fourth-order valence-corrected chi connectivity index (χ4v) is 2.12. The van der Waals surface area contributed by atoms with E-state index in [1.54, 1.807) is 12.1 Å². The van der Waals surface area contributed by atoms with Crippen molar-refractivity contribution in [3.05, 3.63) is 29.3 Å². The minimum atomic E-state index is -0.504. The standard InChI is InChI=1S/C11H15NO2/c1-12-9-6-5-7-8(11(9)14)3-2-4-10(7)13/h2-4,9,11-14H,5-6H2,1H3. The lowest BCUT2D eigenvalue weighted by molar-refractivity contribution is 0.118. The van der Waals surface area contributed by atoms with E-state index in [0.29, 0.717) is 5.75 Å². The third kappa shape index (κ3) is 1.38. The monoisotopic (exact) mass is 193 g/mol. The van der Waals surface area contributed by atoms with E-state index in [1.807, 2.05) is 13.1 Å². The van der Waals surface area contributed by atoms with Gasteiger partial charge in [-0.1, -0.05) is 12.1 Å². The molecule has 0 spiro atoms. The molecule has 76 valence electrons. The van der Waals surface area contributed by atoms with Gasteiger partial charge >= 0.3 is 0 Å². The average Bonchev–Trinajstić information content (AvgIpc) is 2.20. The van der Waals surface area contributed by atoms with Crippen LogP contribution >= 0.6 is 0 Å². The molecular weight excluding hydrogens is 178 g/mol. The van der Waals surface area contributed by atoms with Crippen molar-refractivity contribution in [1.82, 2.24) is 5.32 Å². The Morgan fingerprint density at radius 1 is 1.43 bits per heavy atom. The van der Waals surface area contributed by atoms with Gasteiger partial charge in [0.05, 0.1) is 6.10 Å². The zero-order valence-electron chi connectivity index (χ0n) is 8.20. The van der Waals surface area contributed by atoms with E-state index in [0.717, 1.165) is 24.0 Å². The van der Waals surface area contributed by atoms with E-state index >= 15 is 0 Å². The second-order valence-electron chi connectivity index (χ2n) is 3.72. The predicted octanol–water partition coefficient (Wildman–Crippen LogP) is 0.960. The van der Waals surface area contributed by atoms with Gasteiger partial charge in [-0.3, -0.25) is 0 Å². The van der Waals surface area contributed by atoms with Crippen LogP contribution < -0.4 is 5.32 Å². The molecule has 0 fully saturated rings. The summed E-state index contributed by atoms with van der Waals surface area (Å²) in [5, 5.41) is 22.7. The van der Waals surface area contributed by atoms with Gasteiger partial charge < -0.3 is 15.5 Å². The average molecular weight is 193 g/mol. The highest BCUT2D eigenvalue weighted by Crippen LogP contribution is 2.34. The third-order valence-corrected chi connectivity index (χ3v) is 2.96. The highest BCUT2D eigenvalue weighted by molar-refractivity contribution is 5.42. The molecule has 0 bridgehead atoms. The molecule has 1 aliphatic rings. The molecule has 0 aromatic heterocycles. The Hall–Kier alpha value is -1.06. The molecule has 0 amide bonds. The van der Waals surface area contributed by atoms with Crippen LogP contribution in [-0.4, -0.2) is 23.3 Å². The largest absolute Gasteiger partial charge is 0.508 e. The van der Waals surface area contributed by atoms with Crippen molar-refractivity contribution in [3.63, 3.8) is 0 Å². The Balaban J connectivity index is 2.41. The quantitative estimate of drug-likeness (QED) is 0.622. The van der Waals surface area contributed by atoms with Crippen LogP contribution in [0.15, 0.2) is 18.2 Å². The number of aliphatic hydroxyl groups is 1. The topological polar surface area (TPSA) is 52.5 Å². The highest BCUT2D eigenvalue weighted by Gasteiger charge is 2.27. The number of hydrogen-bond acceptors (Lipinski definition) is 3. The summed E-state index contributed by atoms with van der Waals surface area (Å²) in [5.74, 6) is 0.302. The number of benzene rings is 1. The van der Waals surface area contributed by atoms with E-state index in [1.165, 1.54) is 0 Å². The van der Waals surface area contributed by atoms with Crippen LogP contribution in [0.5, 0.6) is 5.75 Å². The highest BCUT2D eigenvalue weighted by atomic mass is 16.3. The lowest BCUT2D eigenvalue weighted by atomic mass is 9.85. The molecule has 2 unspecified atom stereocenters. The number of hydrogen-bond donors (Lipinski definition) is 3. The number of aromatic hydroxyl groups is 1. The summed E-state index contributed by atoms with van der Waals surface area (Å²) in [7, 11) is 1.85.